The fourth-order valence-corrected chi connectivity index (χ4v) is 3.58. The topological polar surface area (TPSA) is 89.2 Å². The van der Waals surface area contributed by atoms with Gasteiger partial charge in [-0.1, -0.05) is 0 Å². The van der Waals surface area contributed by atoms with Crippen LogP contribution in [0.4, 0.5) is 0 Å². The van der Waals surface area contributed by atoms with Crippen molar-refractivity contribution in [2.24, 2.45) is 0 Å². The maximum atomic E-state index is 12.9. The summed E-state index contributed by atoms with van der Waals surface area (Å²) in [5.74, 6) is -0.580. The molecule has 1 amide bonds. The Morgan fingerprint density at radius 3 is 2.48 bits per heavy atom. The Bertz CT molecular complexity index is 974. The summed E-state index contributed by atoms with van der Waals surface area (Å²) in [4.78, 5) is 27.1. The molecule has 1 aliphatic rings. The number of aryl methyl sites for hydroxylation is 1. The van der Waals surface area contributed by atoms with Gasteiger partial charge in [-0.3, -0.25) is 9.59 Å². The van der Waals surface area contributed by atoms with Crippen molar-refractivity contribution in [2.75, 3.05) is 13.2 Å². The number of aliphatic hydroxyl groups excluding tert-OH is 1. The van der Waals surface area contributed by atoms with Crippen LogP contribution in [-0.2, 0) is 14.3 Å². The van der Waals surface area contributed by atoms with Crippen molar-refractivity contribution < 1.29 is 28.6 Å². The summed E-state index contributed by atoms with van der Waals surface area (Å²) in [5, 5.41) is 11.1. The highest BCUT2D eigenvalue weighted by molar-refractivity contribution is 6.46. The summed E-state index contributed by atoms with van der Waals surface area (Å²) in [6.45, 7) is 9.98. The normalized spacial score (nSPS) is 18.4. The molecule has 0 bridgehead atoms. The van der Waals surface area contributed by atoms with Crippen LogP contribution < -0.4 is 4.74 Å². The number of hydrogen-bond acceptors (Lipinski definition) is 6. The third kappa shape index (κ3) is 4.82. The van der Waals surface area contributed by atoms with Crippen molar-refractivity contribution in [2.45, 2.75) is 52.9 Å². The van der Waals surface area contributed by atoms with Crippen molar-refractivity contribution in [3.63, 3.8) is 0 Å². The van der Waals surface area contributed by atoms with E-state index < -0.39 is 17.7 Å². The van der Waals surface area contributed by atoms with E-state index in [-0.39, 0.29) is 36.7 Å². The Kier molecular flexibility index (Phi) is 6.85. The van der Waals surface area contributed by atoms with E-state index in [1.54, 1.807) is 30.3 Å². The number of ether oxygens (including phenoxy) is 2. The zero-order chi connectivity index (χ0) is 22.7. The number of nitrogens with zero attached hydrogens (tertiary/aromatic N) is 1. The van der Waals surface area contributed by atoms with Crippen molar-refractivity contribution in [3.05, 3.63) is 59.1 Å². The van der Waals surface area contributed by atoms with Crippen LogP contribution >= 0.6 is 0 Å². The molecule has 0 spiro atoms. The molecule has 1 saturated heterocycles. The third-order valence-electron chi connectivity index (χ3n) is 4.95. The zero-order valence-corrected chi connectivity index (χ0v) is 18.5. The number of carbonyl (C=O) groups excluding carboxylic acids is 2. The van der Waals surface area contributed by atoms with Gasteiger partial charge < -0.3 is 23.9 Å². The lowest BCUT2D eigenvalue weighted by Gasteiger charge is -2.23. The minimum Gasteiger partial charge on any atom is -0.507 e. The van der Waals surface area contributed by atoms with Gasteiger partial charge in [0.2, 0.25) is 0 Å². The first-order chi connectivity index (χ1) is 14.7. The Balaban J connectivity index is 2.02. The quantitative estimate of drug-likeness (QED) is 0.385. The molecule has 1 aliphatic heterocycles. The predicted molar refractivity (Wildman–Crippen MR) is 116 cm³/mol. The van der Waals surface area contributed by atoms with Crippen LogP contribution in [-0.4, -0.2) is 47.1 Å². The first-order valence-electron chi connectivity index (χ1n) is 10.4. The first kappa shape index (κ1) is 22.6. The monoisotopic (exact) mass is 427 g/mol. The van der Waals surface area contributed by atoms with Gasteiger partial charge in [0, 0.05) is 12.1 Å². The molecule has 1 N–H and O–H groups in total. The van der Waals surface area contributed by atoms with Gasteiger partial charge in [0.15, 0.2) is 0 Å². The second kappa shape index (κ2) is 9.39. The number of likely N-dealkylation sites (tertiary alicyclic amines) is 1. The fourth-order valence-electron chi connectivity index (χ4n) is 3.58. The second-order valence-corrected chi connectivity index (χ2v) is 8.07. The van der Waals surface area contributed by atoms with Gasteiger partial charge in [0.1, 0.15) is 23.3 Å². The maximum Gasteiger partial charge on any atom is 0.295 e. The Morgan fingerprint density at radius 2 is 1.90 bits per heavy atom. The predicted octanol–water partition coefficient (Wildman–Crippen LogP) is 4.22. The minimum atomic E-state index is -0.822. The molecule has 0 aliphatic carbocycles. The molecule has 31 heavy (non-hydrogen) atoms. The maximum absolute atomic E-state index is 12.9. The highest BCUT2D eigenvalue weighted by Gasteiger charge is 2.47. The lowest BCUT2D eigenvalue weighted by Crippen LogP contribution is -2.33. The number of carbonyl (C=O) groups is 2. The summed E-state index contributed by atoms with van der Waals surface area (Å²) in [6, 6.07) is 7.71. The number of amides is 1. The average molecular weight is 427 g/mol. The highest BCUT2D eigenvalue weighted by Crippen LogP contribution is 2.39. The van der Waals surface area contributed by atoms with E-state index in [0.717, 1.165) is 5.56 Å². The van der Waals surface area contributed by atoms with Gasteiger partial charge in [0.25, 0.3) is 11.7 Å². The van der Waals surface area contributed by atoms with Gasteiger partial charge in [-0.05, 0) is 70.5 Å². The molecule has 0 radical (unpaired) electrons. The minimum absolute atomic E-state index is 0.00132. The summed E-state index contributed by atoms with van der Waals surface area (Å²) in [6.07, 6.45) is 1.48. The molecule has 7 heteroatoms. The van der Waals surface area contributed by atoms with E-state index >= 15 is 0 Å². The molecule has 0 saturated carbocycles. The second-order valence-electron chi connectivity index (χ2n) is 8.07. The van der Waals surface area contributed by atoms with Crippen molar-refractivity contribution in [3.8, 4) is 5.75 Å². The summed E-state index contributed by atoms with van der Waals surface area (Å²) < 4.78 is 16.8. The molecule has 3 rings (SSSR count). The van der Waals surface area contributed by atoms with Gasteiger partial charge in [-0.2, -0.15) is 0 Å². The average Bonchev–Trinajstić information content (AvgIpc) is 3.31. The molecule has 2 aromatic rings. The van der Waals surface area contributed by atoms with Crippen molar-refractivity contribution >= 4 is 17.4 Å². The van der Waals surface area contributed by atoms with Crippen LogP contribution in [0.3, 0.4) is 0 Å². The number of furan rings is 1. The molecule has 1 aromatic heterocycles. The van der Waals surface area contributed by atoms with Gasteiger partial charge >= 0.3 is 0 Å². The molecular weight excluding hydrogens is 398 g/mol. The molecule has 2 heterocycles. The van der Waals surface area contributed by atoms with E-state index in [9.17, 15) is 14.7 Å². The van der Waals surface area contributed by atoms with Crippen LogP contribution in [0, 0.1) is 6.92 Å². The van der Waals surface area contributed by atoms with Crippen LogP contribution in [0.15, 0.2) is 46.6 Å². The zero-order valence-electron chi connectivity index (χ0n) is 18.5. The number of aliphatic hydroxyl groups is 1. The summed E-state index contributed by atoms with van der Waals surface area (Å²) >= 11 is 0. The molecule has 166 valence electrons. The van der Waals surface area contributed by atoms with Crippen molar-refractivity contribution in [1.82, 2.24) is 4.90 Å². The van der Waals surface area contributed by atoms with E-state index in [2.05, 4.69) is 0 Å². The van der Waals surface area contributed by atoms with Gasteiger partial charge in [-0.25, -0.2) is 0 Å². The van der Waals surface area contributed by atoms with Crippen molar-refractivity contribution in [1.29, 1.82) is 0 Å². The number of benzene rings is 1. The fraction of sp³-hybridized carbons (Fsp3) is 0.417. The molecule has 1 aromatic carbocycles. The van der Waals surface area contributed by atoms with Crippen LogP contribution in [0.25, 0.3) is 5.76 Å². The molecule has 7 nitrogen and oxygen atoms in total. The van der Waals surface area contributed by atoms with Crippen LogP contribution in [0.5, 0.6) is 5.75 Å². The van der Waals surface area contributed by atoms with E-state index in [0.29, 0.717) is 17.1 Å². The number of hydrogen-bond donors (Lipinski definition) is 1. The summed E-state index contributed by atoms with van der Waals surface area (Å²) in [7, 11) is 0. The Hall–Kier alpha value is -3.06. The van der Waals surface area contributed by atoms with Crippen LogP contribution in [0.2, 0.25) is 0 Å². The van der Waals surface area contributed by atoms with E-state index in [1.807, 2.05) is 34.6 Å². The van der Waals surface area contributed by atoms with Crippen LogP contribution in [0.1, 0.15) is 50.6 Å². The third-order valence-corrected chi connectivity index (χ3v) is 4.95. The van der Waals surface area contributed by atoms with E-state index in [1.165, 1.54) is 11.2 Å². The Labute approximate surface area is 182 Å². The first-order valence-corrected chi connectivity index (χ1v) is 10.4. The number of Topliss-reactive ketones (excluding diaryl/α,β-unsaturated/α-hetero) is 1. The summed E-state index contributed by atoms with van der Waals surface area (Å²) in [5.41, 5.74) is 1.25. The smallest absolute Gasteiger partial charge is 0.295 e. The SMILES string of the molecule is Cc1cc(/C(O)=C2/C(=O)C(=O)N(CCOC(C)C)C2c2ccco2)ccc1OC(C)C. The van der Waals surface area contributed by atoms with Gasteiger partial charge in [-0.15, -0.1) is 0 Å². The number of rotatable bonds is 8. The molecule has 1 fully saturated rings. The molecular formula is C24H29NO6. The molecule has 1 atom stereocenters. The lowest BCUT2D eigenvalue weighted by atomic mass is 9.98. The van der Waals surface area contributed by atoms with E-state index in [4.69, 9.17) is 13.9 Å². The highest BCUT2D eigenvalue weighted by atomic mass is 16.5. The standard InChI is InChI=1S/C24H29NO6/c1-14(2)29-12-10-25-21(19-7-6-11-30-19)20(23(27)24(25)28)22(26)17-8-9-18(16(5)13-17)31-15(3)4/h6-9,11,13-15,21,26H,10,12H2,1-5H3/b22-20-. The Morgan fingerprint density at radius 1 is 1.16 bits per heavy atom. The number of ketones is 1. The largest absolute Gasteiger partial charge is 0.507 e. The van der Waals surface area contributed by atoms with Gasteiger partial charge in [0.05, 0.1) is 30.7 Å². The molecule has 1 unspecified atom stereocenters. The lowest BCUT2D eigenvalue weighted by molar-refractivity contribution is -0.140.